The van der Waals surface area contributed by atoms with Gasteiger partial charge in [0, 0.05) is 18.2 Å². The molecule has 0 aromatic carbocycles. The first-order chi connectivity index (χ1) is 7.06. The summed E-state index contributed by atoms with van der Waals surface area (Å²) in [5.74, 6) is 0.841. The third kappa shape index (κ3) is 4.03. The number of hydrogen-bond acceptors (Lipinski definition) is 4. The molecule has 1 aliphatic heterocycles. The van der Waals surface area contributed by atoms with Crippen molar-refractivity contribution in [1.82, 2.24) is 5.32 Å². The monoisotopic (exact) mass is 231 g/mol. The predicted octanol–water partition coefficient (Wildman–Crippen LogP) is 1.63. The third-order valence-electron chi connectivity index (χ3n) is 2.97. The largest absolute Gasteiger partial charge is 0.459 e. The average Bonchev–Trinajstić information content (AvgIpc) is 2.18. The summed E-state index contributed by atoms with van der Waals surface area (Å²) in [6, 6.07) is 0. The molecule has 3 nitrogen and oxygen atoms in total. The molecule has 1 N–H and O–H groups in total. The maximum Gasteiger partial charge on any atom is 0.307 e. The summed E-state index contributed by atoms with van der Waals surface area (Å²) in [5.41, 5.74) is -0.354. The van der Waals surface area contributed by atoms with Crippen molar-refractivity contribution in [3.63, 3.8) is 0 Å². The number of thiol groups is 1. The summed E-state index contributed by atoms with van der Waals surface area (Å²) in [4.78, 5) is 11.4. The van der Waals surface area contributed by atoms with Gasteiger partial charge < -0.3 is 10.1 Å². The van der Waals surface area contributed by atoms with E-state index in [9.17, 15) is 4.79 Å². The molecule has 1 atom stereocenters. The second kappa shape index (κ2) is 5.75. The van der Waals surface area contributed by atoms with Gasteiger partial charge in [-0.2, -0.15) is 12.6 Å². The van der Waals surface area contributed by atoms with Crippen molar-refractivity contribution in [2.75, 3.05) is 18.8 Å². The first kappa shape index (κ1) is 12.8. The number of hydrogen-bond donors (Lipinski definition) is 2. The molecule has 0 aromatic rings. The molecule has 1 rings (SSSR count). The Labute approximate surface area is 97.4 Å². The predicted molar refractivity (Wildman–Crippen MR) is 64.2 cm³/mol. The van der Waals surface area contributed by atoms with Crippen LogP contribution in [-0.2, 0) is 9.53 Å². The number of carbonyl (C=O) groups excluding carboxylic acids is 1. The van der Waals surface area contributed by atoms with E-state index in [1.165, 1.54) is 0 Å². The number of esters is 1. The lowest BCUT2D eigenvalue weighted by molar-refractivity contribution is -0.161. The first-order valence-corrected chi connectivity index (χ1v) is 6.23. The third-order valence-corrected chi connectivity index (χ3v) is 3.20. The molecular weight excluding hydrogens is 210 g/mol. The van der Waals surface area contributed by atoms with E-state index in [0.717, 1.165) is 25.9 Å². The lowest BCUT2D eigenvalue weighted by atomic mass is 9.85. The fourth-order valence-corrected chi connectivity index (χ4v) is 2.15. The second-order valence-corrected chi connectivity index (χ2v) is 5.04. The molecule has 88 valence electrons. The quantitative estimate of drug-likeness (QED) is 0.570. The molecule has 0 spiro atoms. The fraction of sp³-hybridized carbons (Fsp3) is 0.909. The van der Waals surface area contributed by atoms with Gasteiger partial charge >= 0.3 is 5.97 Å². The lowest BCUT2D eigenvalue weighted by Gasteiger charge is -2.36. The second-order valence-electron chi connectivity index (χ2n) is 4.59. The van der Waals surface area contributed by atoms with Crippen LogP contribution < -0.4 is 5.32 Å². The Morgan fingerprint density at radius 2 is 2.33 bits per heavy atom. The molecule has 0 radical (unpaired) electrons. The molecule has 1 fully saturated rings. The molecule has 1 unspecified atom stereocenters. The van der Waals surface area contributed by atoms with Gasteiger partial charge in [-0.05, 0) is 33.2 Å². The molecule has 1 heterocycles. The van der Waals surface area contributed by atoms with Crippen LogP contribution in [0.25, 0.3) is 0 Å². The van der Waals surface area contributed by atoms with E-state index in [0.29, 0.717) is 18.1 Å². The molecule has 0 aliphatic carbocycles. The van der Waals surface area contributed by atoms with Gasteiger partial charge in [-0.3, -0.25) is 4.79 Å². The minimum atomic E-state index is -0.354. The average molecular weight is 231 g/mol. The lowest BCUT2D eigenvalue weighted by Crippen LogP contribution is -2.45. The molecular formula is C11H21NO2S. The van der Waals surface area contributed by atoms with Crippen LogP contribution in [0.1, 0.15) is 33.1 Å². The van der Waals surface area contributed by atoms with Crippen LogP contribution >= 0.6 is 12.6 Å². The van der Waals surface area contributed by atoms with E-state index in [1.807, 2.05) is 13.8 Å². The highest BCUT2D eigenvalue weighted by atomic mass is 32.1. The highest BCUT2D eigenvalue weighted by Gasteiger charge is 2.33. The minimum absolute atomic E-state index is 0.138. The van der Waals surface area contributed by atoms with Crippen LogP contribution in [-0.4, -0.2) is 30.4 Å². The van der Waals surface area contributed by atoms with Crippen molar-refractivity contribution in [2.24, 2.45) is 5.92 Å². The molecule has 0 amide bonds. The van der Waals surface area contributed by atoms with Gasteiger partial charge in [-0.1, -0.05) is 0 Å². The smallest absolute Gasteiger partial charge is 0.307 e. The topological polar surface area (TPSA) is 38.3 Å². The maximum absolute atomic E-state index is 11.4. The van der Waals surface area contributed by atoms with Crippen LogP contribution in [0.2, 0.25) is 0 Å². The van der Waals surface area contributed by atoms with Gasteiger partial charge in [0.15, 0.2) is 0 Å². The number of ether oxygens (including phenoxy) is 1. The molecule has 0 bridgehead atoms. The van der Waals surface area contributed by atoms with E-state index >= 15 is 0 Å². The molecule has 4 heteroatoms. The summed E-state index contributed by atoms with van der Waals surface area (Å²) in [6.07, 6.45) is 2.69. The normalized spacial score (nSPS) is 22.5. The minimum Gasteiger partial charge on any atom is -0.459 e. The highest BCUT2D eigenvalue weighted by Crippen LogP contribution is 2.27. The number of carbonyl (C=O) groups is 1. The van der Waals surface area contributed by atoms with Crippen molar-refractivity contribution in [3.8, 4) is 0 Å². The van der Waals surface area contributed by atoms with Crippen LogP contribution in [0.15, 0.2) is 0 Å². The molecule has 0 saturated carbocycles. The molecule has 1 saturated heterocycles. The molecule has 1 aliphatic rings. The van der Waals surface area contributed by atoms with E-state index < -0.39 is 0 Å². The zero-order valence-corrected chi connectivity index (χ0v) is 10.5. The van der Waals surface area contributed by atoms with Gasteiger partial charge in [0.2, 0.25) is 0 Å². The van der Waals surface area contributed by atoms with E-state index in [2.05, 4.69) is 17.9 Å². The van der Waals surface area contributed by atoms with E-state index in [-0.39, 0.29) is 11.6 Å². The summed E-state index contributed by atoms with van der Waals surface area (Å²) < 4.78 is 5.49. The van der Waals surface area contributed by atoms with E-state index in [4.69, 9.17) is 4.74 Å². The van der Waals surface area contributed by atoms with E-state index in [1.54, 1.807) is 0 Å². The summed E-state index contributed by atoms with van der Waals surface area (Å²) in [7, 11) is 0. The van der Waals surface area contributed by atoms with Crippen molar-refractivity contribution in [3.05, 3.63) is 0 Å². The Bertz CT molecular complexity index is 213. The number of nitrogens with one attached hydrogen (secondary N) is 1. The molecule has 0 aromatic heterocycles. The Hall–Kier alpha value is -0.220. The van der Waals surface area contributed by atoms with Crippen LogP contribution in [0.4, 0.5) is 0 Å². The van der Waals surface area contributed by atoms with Crippen LogP contribution in [0.5, 0.6) is 0 Å². The van der Waals surface area contributed by atoms with Gasteiger partial charge in [-0.25, -0.2) is 0 Å². The standard InChI is InChI=1S/C11H21NO2S/c1-11(2,14-10(13)5-7-15)9-4-3-6-12-8-9/h9,12,15H,3-8H2,1-2H3. The van der Waals surface area contributed by atoms with Gasteiger partial charge in [-0.15, -0.1) is 0 Å². The van der Waals surface area contributed by atoms with Gasteiger partial charge in [0.1, 0.15) is 5.60 Å². The summed E-state index contributed by atoms with van der Waals surface area (Å²) >= 11 is 4.02. The Morgan fingerprint density at radius 1 is 1.60 bits per heavy atom. The zero-order valence-electron chi connectivity index (χ0n) is 9.58. The Balaban J connectivity index is 2.45. The highest BCUT2D eigenvalue weighted by molar-refractivity contribution is 7.80. The summed E-state index contributed by atoms with van der Waals surface area (Å²) in [6.45, 7) is 6.03. The van der Waals surface area contributed by atoms with Crippen molar-refractivity contribution in [2.45, 2.75) is 38.7 Å². The summed E-state index contributed by atoms with van der Waals surface area (Å²) in [5, 5.41) is 3.34. The number of rotatable bonds is 4. The number of piperidine rings is 1. The van der Waals surface area contributed by atoms with Crippen LogP contribution in [0, 0.1) is 5.92 Å². The fourth-order valence-electron chi connectivity index (χ4n) is 1.96. The Morgan fingerprint density at radius 3 is 2.87 bits per heavy atom. The van der Waals surface area contributed by atoms with Gasteiger partial charge in [0.05, 0.1) is 6.42 Å². The van der Waals surface area contributed by atoms with Crippen molar-refractivity contribution >= 4 is 18.6 Å². The first-order valence-electron chi connectivity index (χ1n) is 5.59. The molecule has 15 heavy (non-hydrogen) atoms. The van der Waals surface area contributed by atoms with Crippen LogP contribution in [0.3, 0.4) is 0 Å². The maximum atomic E-state index is 11.4. The zero-order chi connectivity index (χ0) is 11.3. The Kier molecular flexibility index (Phi) is 4.93. The SMILES string of the molecule is CC(C)(OC(=O)CCS)C1CCCNC1. The van der Waals surface area contributed by atoms with Crippen molar-refractivity contribution < 1.29 is 9.53 Å². The van der Waals surface area contributed by atoms with Crippen molar-refractivity contribution in [1.29, 1.82) is 0 Å². The van der Waals surface area contributed by atoms with Gasteiger partial charge in [0.25, 0.3) is 0 Å².